The lowest BCUT2D eigenvalue weighted by Gasteiger charge is -2.08. The van der Waals surface area contributed by atoms with Crippen LogP contribution < -0.4 is 11.5 Å². The molecule has 0 heterocycles. The van der Waals surface area contributed by atoms with Gasteiger partial charge in [0.05, 0.1) is 19.8 Å². The molecular formula is C14H22N2O3. The van der Waals surface area contributed by atoms with Crippen LogP contribution in [0.3, 0.4) is 0 Å². The Kier molecular flexibility index (Phi) is 6.92. The second kappa shape index (κ2) is 8.50. The van der Waals surface area contributed by atoms with E-state index in [0.717, 1.165) is 25.0 Å². The topological polar surface area (TPSA) is 87.6 Å². The molecule has 0 aliphatic carbocycles. The fraction of sp³-hybridized carbons (Fsp3) is 0.500. The van der Waals surface area contributed by atoms with Gasteiger partial charge in [-0.3, -0.25) is 4.79 Å². The van der Waals surface area contributed by atoms with Crippen molar-refractivity contribution in [3.8, 4) is 0 Å². The van der Waals surface area contributed by atoms with Crippen LogP contribution in [0.15, 0.2) is 18.2 Å². The number of nitrogens with two attached hydrogens (primary N) is 2. The van der Waals surface area contributed by atoms with Crippen LogP contribution in [0, 0.1) is 0 Å². The molecule has 1 aromatic rings. The van der Waals surface area contributed by atoms with Crippen molar-refractivity contribution in [3.05, 3.63) is 29.3 Å². The van der Waals surface area contributed by atoms with Crippen LogP contribution in [0.1, 0.15) is 35.7 Å². The third-order valence-electron chi connectivity index (χ3n) is 2.70. The summed E-state index contributed by atoms with van der Waals surface area (Å²) < 4.78 is 10.8. The first kappa shape index (κ1) is 15.5. The maximum Gasteiger partial charge on any atom is 0.248 e. The standard InChI is InChI=1S/C14H22N2O3/c1-2-3-6-18-7-8-19-10-12-5-4-11(14(16)17)9-13(12)15/h4-5,9H,2-3,6-8,10,15H2,1H3,(H2,16,17). The number of ether oxygens (including phenoxy) is 2. The zero-order valence-electron chi connectivity index (χ0n) is 11.4. The number of amides is 1. The van der Waals surface area contributed by atoms with Crippen molar-refractivity contribution in [2.24, 2.45) is 5.73 Å². The highest BCUT2D eigenvalue weighted by atomic mass is 16.5. The Balaban J connectivity index is 2.28. The number of nitrogen functional groups attached to an aromatic ring is 1. The number of hydrogen-bond acceptors (Lipinski definition) is 4. The normalized spacial score (nSPS) is 10.6. The highest BCUT2D eigenvalue weighted by Crippen LogP contribution is 2.15. The summed E-state index contributed by atoms with van der Waals surface area (Å²) in [4.78, 5) is 11.0. The maximum absolute atomic E-state index is 11.0. The number of hydrogen-bond donors (Lipinski definition) is 2. The fourth-order valence-corrected chi connectivity index (χ4v) is 1.53. The molecule has 0 saturated heterocycles. The van der Waals surface area contributed by atoms with E-state index in [1.165, 1.54) is 0 Å². The van der Waals surface area contributed by atoms with Crippen molar-refractivity contribution in [3.63, 3.8) is 0 Å². The minimum atomic E-state index is -0.483. The molecule has 0 aliphatic rings. The number of carbonyl (C=O) groups is 1. The van der Waals surface area contributed by atoms with Crippen LogP contribution in [0.25, 0.3) is 0 Å². The Morgan fingerprint density at radius 2 is 1.95 bits per heavy atom. The molecule has 0 atom stereocenters. The van der Waals surface area contributed by atoms with Crippen LogP contribution in [-0.4, -0.2) is 25.7 Å². The zero-order chi connectivity index (χ0) is 14.1. The zero-order valence-corrected chi connectivity index (χ0v) is 11.4. The Morgan fingerprint density at radius 3 is 2.58 bits per heavy atom. The molecule has 1 aromatic carbocycles. The van der Waals surface area contributed by atoms with Crippen molar-refractivity contribution >= 4 is 11.6 Å². The molecule has 0 radical (unpaired) electrons. The quantitative estimate of drug-likeness (QED) is 0.526. The van der Waals surface area contributed by atoms with E-state index in [2.05, 4.69) is 6.92 Å². The SMILES string of the molecule is CCCCOCCOCc1ccc(C(N)=O)cc1N. The molecule has 0 unspecified atom stereocenters. The fourth-order valence-electron chi connectivity index (χ4n) is 1.53. The van der Waals surface area contributed by atoms with E-state index >= 15 is 0 Å². The average molecular weight is 266 g/mol. The summed E-state index contributed by atoms with van der Waals surface area (Å²) in [5, 5.41) is 0. The molecule has 5 heteroatoms. The summed E-state index contributed by atoms with van der Waals surface area (Å²) in [7, 11) is 0. The molecule has 5 nitrogen and oxygen atoms in total. The van der Waals surface area contributed by atoms with E-state index in [1.54, 1.807) is 18.2 Å². The predicted octanol–water partition coefficient (Wildman–Crippen LogP) is 1.70. The van der Waals surface area contributed by atoms with Gasteiger partial charge in [-0.05, 0) is 18.6 Å². The number of benzene rings is 1. The van der Waals surface area contributed by atoms with E-state index < -0.39 is 5.91 Å². The van der Waals surface area contributed by atoms with Crippen molar-refractivity contribution in [1.29, 1.82) is 0 Å². The third-order valence-corrected chi connectivity index (χ3v) is 2.70. The van der Waals surface area contributed by atoms with E-state index in [0.29, 0.717) is 31.1 Å². The van der Waals surface area contributed by atoms with Gasteiger partial charge in [0.1, 0.15) is 0 Å². The molecule has 0 bridgehead atoms. The van der Waals surface area contributed by atoms with Gasteiger partial charge in [-0.2, -0.15) is 0 Å². The second-order valence-corrected chi connectivity index (χ2v) is 4.30. The minimum absolute atomic E-state index is 0.405. The van der Waals surface area contributed by atoms with E-state index in [-0.39, 0.29) is 0 Å². The molecule has 1 rings (SSSR count). The number of anilines is 1. The second-order valence-electron chi connectivity index (χ2n) is 4.30. The summed E-state index contributed by atoms with van der Waals surface area (Å²) in [6.45, 7) is 4.41. The van der Waals surface area contributed by atoms with Crippen molar-refractivity contribution < 1.29 is 14.3 Å². The molecular weight excluding hydrogens is 244 g/mol. The molecule has 4 N–H and O–H groups in total. The molecule has 106 valence electrons. The van der Waals surface area contributed by atoms with Gasteiger partial charge in [-0.25, -0.2) is 0 Å². The molecule has 0 aliphatic heterocycles. The van der Waals surface area contributed by atoms with E-state index in [1.807, 2.05) is 0 Å². The number of rotatable bonds is 9. The van der Waals surface area contributed by atoms with Gasteiger partial charge in [0.2, 0.25) is 5.91 Å². The van der Waals surface area contributed by atoms with Gasteiger partial charge in [0.25, 0.3) is 0 Å². The monoisotopic (exact) mass is 266 g/mol. The largest absolute Gasteiger partial charge is 0.398 e. The molecule has 0 saturated carbocycles. The summed E-state index contributed by atoms with van der Waals surface area (Å²) in [5.74, 6) is -0.483. The minimum Gasteiger partial charge on any atom is -0.398 e. The van der Waals surface area contributed by atoms with Crippen molar-refractivity contribution in [1.82, 2.24) is 0 Å². The van der Waals surface area contributed by atoms with Crippen LogP contribution in [0.2, 0.25) is 0 Å². The van der Waals surface area contributed by atoms with Crippen molar-refractivity contribution in [2.75, 3.05) is 25.6 Å². The number of carbonyl (C=O) groups excluding carboxylic acids is 1. The first-order valence-electron chi connectivity index (χ1n) is 6.48. The van der Waals surface area contributed by atoms with E-state index in [4.69, 9.17) is 20.9 Å². The van der Waals surface area contributed by atoms with Gasteiger partial charge in [-0.1, -0.05) is 19.4 Å². The first-order chi connectivity index (χ1) is 9.15. The Bertz CT molecular complexity index is 408. The first-order valence-corrected chi connectivity index (χ1v) is 6.48. The lowest BCUT2D eigenvalue weighted by Crippen LogP contribution is -2.12. The molecule has 0 spiro atoms. The highest BCUT2D eigenvalue weighted by molar-refractivity contribution is 5.93. The Labute approximate surface area is 113 Å². The Hall–Kier alpha value is -1.59. The average Bonchev–Trinajstić information content (AvgIpc) is 2.39. The third kappa shape index (κ3) is 5.72. The summed E-state index contributed by atoms with van der Waals surface area (Å²) in [6, 6.07) is 4.97. The lowest BCUT2D eigenvalue weighted by atomic mass is 10.1. The molecule has 0 fully saturated rings. The van der Waals surface area contributed by atoms with Crippen LogP contribution in [0.5, 0.6) is 0 Å². The lowest BCUT2D eigenvalue weighted by molar-refractivity contribution is 0.0398. The van der Waals surface area contributed by atoms with Gasteiger partial charge in [-0.15, -0.1) is 0 Å². The van der Waals surface area contributed by atoms with Crippen LogP contribution >= 0.6 is 0 Å². The van der Waals surface area contributed by atoms with Crippen molar-refractivity contribution in [2.45, 2.75) is 26.4 Å². The summed E-state index contributed by atoms with van der Waals surface area (Å²) >= 11 is 0. The molecule has 0 aromatic heterocycles. The van der Waals surface area contributed by atoms with E-state index in [9.17, 15) is 4.79 Å². The Morgan fingerprint density at radius 1 is 1.21 bits per heavy atom. The molecule has 19 heavy (non-hydrogen) atoms. The van der Waals surface area contributed by atoms with Crippen LogP contribution in [-0.2, 0) is 16.1 Å². The summed E-state index contributed by atoms with van der Waals surface area (Å²) in [5.41, 5.74) is 12.8. The smallest absolute Gasteiger partial charge is 0.248 e. The van der Waals surface area contributed by atoms with Gasteiger partial charge >= 0.3 is 0 Å². The predicted molar refractivity (Wildman–Crippen MR) is 74.8 cm³/mol. The number of primary amides is 1. The van der Waals surface area contributed by atoms with Gasteiger partial charge in [0.15, 0.2) is 0 Å². The van der Waals surface area contributed by atoms with Crippen LogP contribution in [0.4, 0.5) is 5.69 Å². The number of unbranched alkanes of at least 4 members (excludes halogenated alkanes) is 1. The summed E-state index contributed by atoms with van der Waals surface area (Å²) in [6.07, 6.45) is 2.20. The maximum atomic E-state index is 11.0. The highest BCUT2D eigenvalue weighted by Gasteiger charge is 2.04. The van der Waals surface area contributed by atoms with Gasteiger partial charge in [0, 0.05) is 23.4 Å². The van der Waals surface area contributed by atoms with Gasteiger partial charge < -0.3 is 20.9 Å². The molecule has 1 amide bonds.